The van der Waals surface area contributed by atoms with Crippen LogP contribution >= 0.6 is 11.6 Å². The van der Waals surface area contributed by atoms with Gasteiger partial charge in [-0.25, -0.2) is 0 Å². The van der Waals surface area contributed by atoms with Crippen LogP contribution in [0.2, 0.25) is 5.02 Å². The maximum Gasteiger partial charge on any atom is 0.128 e. The zero-order valence-corrected chi connectivity index (χ0v) is 8.65. The van der Waals surface area contributed by atoms with Crippen molar-refractivity contribution >= 4 is 11.6 Å². The van der Waals surface area contributed by atoms with Crippen LogP contribution in [0.5, 0.6) is 0 Å². The van der Waals surface area contributed by atoms with Gasteiger partial charge < -0.3 is 0 Å². The molecule has 1 heterocycles. The fraction of sp³-hybridized carbons (Fsp3) is 0.0909. The number of rotatable bonds is 2. The van der Waals surface area contributed by atoms with Gasteiger partial charge in [-0.15, -0.1) is 0 Å². The van der Waals surface area contributed by atoms with Crippen molar-refractivity contribution in [3.63, 3.8) is 0 Å². The Labute approximate surface area is 92.5 Å². The molecular formula is C11H8ClN3. The molecule has 3 nitrogen and oxygen atoms in total. The minimum Gasteiger partial charge on any atom is -0.258 e. The third-order valence-electron chi connectivity index (χ3n) is 2.05. The molecule has 0 spiro atoms. The van der Waals surface area contributed by atoms with Gasteiger partial charge in [-0.2, -0.15) is 10.4 Å². The molecule has 0 N–H and O–H groups in total. The number of nitriles is 1. The van der Waals surface area contributed by atoms with Gasteiger partial charge in [0.05, 0.1) is 12.3 Å². The first kappa shape index (κ1) is 9.75. The second-order valence-electron chi connectivity index (χ2n) is 3.06. The molecule has 0 amide bonds. The van der Waals surface area contributed by atoms with E-state index in [1.54, 1.807) is 10.9 Å². The first-order valence-electron chi connectivity index (χ1n) is 4.45. The van der Waals surface area contributed by atoms with E-state index < -0.39 is 0 Å². The summed E-state index contributed by atoms with van der Waals surface area (Å²) >= 11 is 6.04. The highest BCUT2D eigenvalue weighted by Gasteiger charge is 2.04. The molecule has 15 heavy (non-hydrogen) atoms. The fourth-order valence-corrected chi connectivity index (χ4v) is 1.60. The molecule has 0 aliphatic carbocycles. The minimum atomic E-state index is 0.254. The molecule has 0 fully saturated rings. The largest absolute Gasteiger partial charge is 0.258 e. The van der Waals surface area contributed by atoms with Gasteiger partial charge in [0.2, 0.25) is 0 Å². The quantitative estimate of drug-likeness (QED) is 0.776. The second kappa shape index (κ2) is 4.16. The molecule has 0 bridgehead atoms. The van der Waals surface area contributed by atoms with Gasteiger partial charge in [0, 0.05) is 22.3 Å². The zero-order valence-electron chi connectivity index (χ0n) is 7.89. The summed E-state index contributed by atoms with van der Waals surface area (Å²) in [4.78, 5) is 0. The first-order valence-corrected chi connectivity index (χ1v) is 4.83. The van der Waals surface area contributed by atoms with Crippen LogP contribution in [-0.4, -0.2) is 9.78 Å². The van der Waals surface area contributed by atoms with Crippen LogP contribution in [0, 0.1) is 11.3 Å². The first-order chi connectivity index (χ1) is 7.31. The van der Waals surface area contributed by atoms with Crippen LogP contribution in [0.25, 0.3) is 11.1 Å². The molecule has 0 aliphatic rings. The molecule has 0 radical (unpaired) electrons. The van der Waals surface area contributed by atoms with Gasteiger partial charge in [-0.1, -0.05) is 29.8 Å². The SMILES string of the molecule is N#CCn1cc(-c2ccccc2Cl)cn1. The fourth-order valence-electron chi connectivity index (χ4n) is 1.36. The van der Waals surface area contributed by atoms with E-state index in [1.165, 1.54) is 0 Å². The number of benzene rings is 1. The van der Waals surface area contributed by atoms with Crippen molar-refractivity contribution in [2.45, 2.75) is 6.54 Å². The third-order valence-corrected chi connectivity index (χ3v) is 2.38. The predicted molar refractivity (Wildman–Crippen MR) is 58.3 cm³/mol. The Hall–Kier alpha value is -1.79. The Morgan fingerprint density at radius 3 is 2.93 bits per heavy atom. The molecule has 2 aromatic rings. The van der Waals surface area contributed by atoms with Gasteiger partial charge in [0.1, 0.15) is 6.54 Å². The smallest absolute Gasteiger partial charge is 0.128 e. The van der Waals surface area contributed by atoms with E-state index in [0.29, 0.717) is 5.02 Å². The standard InChI is InChI=1S/C11H8ClN3/c12-11-4-2-1-3-10(11)9-7-14-15(8-9)6-5-13/h1-4,7-8H,6H2. The van der Waals surface area contributed by atoms with Gasteiger partial charge in [-0.05, 0) is 6.07 Å². The molecule has 0 atom stereocenters. The summed E-state index contributed by atoms with van der Waals surface area (Å²) in [5.74, 6) is 0. The topological polar surface area (TPSA) is 41.6 Å². The van der Waals surface area contributed by atoms with E-state index in [0.717, 1.165) is 11.1 Å². The summed E-state index contributed by atoms with van der Waals surface area (Å²) in [5.41, 5.74) is 1.86. The lowest BCUT2D eigenvalue weighted by molar-refractivity contribution is 0.710. The van der Waals surface area contributed by atoms with Crippen molar-refractivity contribution in [3.05, 3.63) is 41.7 Å². The Bertz CT molecular complexity index is 511. The number of hydrogen-bond donors (Lipinski definition) is 0. The zero-order chi connectivity index (χ0) is 10.7. The third kappa shape index (κ3) is 2.00. The van der Waals surface area contributed by atoms with E-state index in [-0.39, 0.29) is 6.54 Å². The van der Waals surface area contributed by atoms with E-state index in [9.17, 15) is 0 Å². The average molecular weight is 218 g/mol. The van der Waals surface area contributed by atoms with Crippen molar-refractivity contribution in [2.24, 2.45) is 0 Å². The minimum absolute atomic E-state index is 0.254. The molecular weight excluding hydrogens is 210 g/mol. The molecule has 74 valence electrons. The van der Waals surface area contributed by atoms with Crippen LogP contribution in [-0.2, 0) is 6.54 Å². The van der Waals surface area contributed by atoms with Crippen LogP contribution in [0.15, 0.2) is 36.7 Å². The summed E-state index contributed by atoms with van der Waals surface area (Å²) in [6.45, 7) is 0.254. The Morgan fingerprint density at radius 2 is 2.20 bits per heavy atom. The molecule has 1 aromatic carbocycles. The van der Waals surface area contributed by atoms with Crippen LogP contribution < -0.4 is 0 Å². The number of nitrogens with zero attached hydrogens (tertiary/aromatic N) is 3. The highest BCUT2D eigenvalue weighted by molar-refractivity contribution is 6.33. The number of hydrogen-bond acceptors (Lipinski definition) is 2. The second-order valence-corrected chi connectivity index (χ2v) is 3.47. The number of aromatic nitrogens is 2. The van der Waals surface area contributed by atoms with Crippen molar-refractivity contribution in [1.82, 2.24) is 9.78 Å². The maximum atomic E-state index is 8.52. The Kier molecular flexibility index (Phi) is 2.70. The molecule has 0 saturated heterocycles. The molecule has 4 heteroatoms. The summed E-state index contributed by atoms with van der Waals surface area (Å²) in [6, 6.07) is 9.59. The van der Waals surface area contributed by atoms with Gasteiger partial charge in [-0.3, -0.25) is 4.68 Å². The molecule has 1 aromatic heterocycles. The van der Waals surface area contributed by atoms with Gasteiger partial charge >= 0.3 is 0 Å². The molecule has 0 unspecified atom stereocenters. The lowest BCUT2D eigenvalue weighted by Gasteiger charge is -1.98. The monoisotopic (exact) mass is 217 g/mol. The lowest BCUT2D eigenvalue weighted by atomic mass is 10.1. The maximum absolute atomic E-state index is 8.52. The lowest BCUT2D eigenvalue weighted by Crippen LogP contribution is -1.93. The van der Waals surface area contributed by atoms with Crippen molar-refractivity contribution < 1.29 is 0 Å². The molecule has 2 rings (SSSR count). The van der Waals surface area contributed by atoms with Crippen LogP contribution in [0.3, 0.4) is 0 Å². The summed E-state index contributed by atoms with van der Waals surface area (Å²) < 4.78 is 1.58. The molecule has 0 saturated carbocycles. The Balaban J connectivity index is 2.38. The van der Waals surface area contributed by atoms with E-state index in [2.05, 4.69) is 5.10 Å². The van der Waals surface area contributed by atoms with Crippen LogP contribution in [0.1, 0.15) is 0 Å². The van der Waals surface area contributed by atoms with Gasteiger partial charge in [0.15, 0.2) is 0 Å². The number of halogens is 1. The Morgan fingerprint density at radius 1 is 1.40 bits per heavy atom. The van der Waals surface area contributed by atoms with Crippen molar-refractivity contribution in [3.8, 4) is 17.2 Å². The summed E-state index contributed by atoms with van der Waals surface area (Å²) in [6.07, 6.45) is 3.52. The average Bonchev–Trinajstić information content (AvgIpc) is 2.68. The van der Waals surface area contributed by atoms with E-state index in [1.807, 2.05) is 36.5 Å². The van der Waals surface area contributed by atoms with Crippen molar-refractivity contribution in [2.75, 3.05) is 0 Å². The van der Waals surface area contributed by atoms with Crippen molar-refractivity contribution in [1.29, 1.82) is 5.26 Å². The van der Waals surface area contributed by atoms with E-state index >= 15 is 0 Å². The predicted octanol–water partition coefficient (Wildman–Crippen LogP) is 2.73. The normalized spacial score (nSPS) is 9.87. The highest BCUT2D eigenvalue weighted by Crippen LogP contribution is 2.26. The summed E-state index contributed by atoms with van der Waals surface area (Å²) in [5, 5.41) is 13.3. The van der Waals surface area contributed by atoms with Crippen LogP contribution in [0.4, 0.5) is 0 Å². The molecule has 0 aliphatic heterocycles. The summed E-state index contributed by atoms with van der Waals surface area (Å²) in [7, 11) is 0. The van der Waals surface area contributed by atoms with E-state index in [4.69, 9.17) is 16.9 Å². The highest BCUT2D eigenvalue weighted by atomic mass is 35.5. The van der Waals surface area contributed by atoms with Gasteiger partial charge in [0.25, 0.3) is 0 Å².